The summed E-state index contributed by atoms with van der Waals surface area (Å²) in [6, 6.07) is 0. The molecule has 0 bridgehead atoms. The smallest absolute Gasteiger partial charge is 0.0759 e. The Hall–Kier alpha value is -0.300. The van der Waals surface area contributed by atoms with Crippen LogP contribution in [0, 0.1) is 0 Å². The van der Waals surface area contributed by atoms with Crippen LogP contribution >= 0.6 is 0 Å². The summed E-state index contributed by atoms with van der Waals surface area (Å²) in [4.78, 5) is 0. The van der Waals surface area contributed by atoms with Crippen molar-refractivity contribution in [1.82, 2.24) is 0 Å². The maximum atomic E-state index is 6.26. The van der Waals surface area contributed by atoms with Crippen molar-refractivity contribution in [2.75, 3.05) is 0 Å². The molecule has 1 nitrogen and oxygen atoms in total. The summed E-state index contributed by atoms with van der Waals surface area (Å²) in [5, 5.41) is 0. The summed E-state index contributed by atoms with van der Waals surface area (Å²) in [5.41, 5.74) is 0. The first-order chi connectivity index (χ1) is 10.9. The predicted molar refractivity (Wildman–Crippen MR) is 98.4 cm³/mol. The standard InChI is InChI=1S/C21H40O/c1-3-5-7-9-11-13-16-20-18-15-19-21(22-20)17-14-12-10-8-6-4-2/h15,18,20-21H,3-14,16-17,19H2,1-2H3/t20-,21+/m0/s1. The third kappa shape index (κ3) is 10.4. The van der Waals surface area contributed by atoms with Crippen molar-refractivity contribution in [3.63, 3.8) is 0 Å². The quantitative estimate of drug-likeness (QED) is 0.243. The van der Waals surface area contributed by atoms with E-state index < -0.39 is 0 Å². The minimum Gasteiger partial charge on any atom is -0.371 e. The van der Waals surface area contributed by atoms with Gasteiger partial charge in [0.1, 0.15) is 0 Å². The van der Waals surface area contributed by atoms with Gasteiger partial charge in [0.05, 0.1) is 12.2 Å². The van der Waals surface area contributed by atoms with Crippen LogP contribution in [-0.4, -0.2) is 12.2 Å². The molecule has 0 radical (unpaired) electrons. The number of hydrogen-bond donors (Lipinski definition) is 0. The van der Waals surface area contributed by atoms with Gasteiger partial charge in [-0.25, -0.2) is 0 Å². The molecule has 1 aliphatic rings. The molecule has 22 heavy (non-hydrogen) atoms. The average molecular weight is 309 g/mol. The highest BCUT2D eigenvalue weighted by Gasteiger charge is 2.17. The van der Waals surface area contributed by atoms with E-state index in [1.165, 1.54) is 89.9 Å². The van der Waals surface area contributed by atoms with Gasteiger partial charge >= 0.3 is 0 Å². The number of rotatable bonds is 14. The fourth-order valence-electron chi connectivity index (χ4n) is 3.36. The number of hydrogen-bond acceptors (Lipinski definition) is 1. The van der Waals surface area contributed by atoms with Crippen molar-refractivity contribution < 1.29 is 4.74 Å². The lowest BCUT2D eigenvalue weighted by Gasteiger charge is -2.26. The van der Waals surface area contributed by atoms with Gasteiger partial charge in [0, 0.05) is 0 Å². The molecule has 0 fully saturated rings. The minimum absolute atomic E-state index is 0.407. The monoisotopic (exact) mass is 308 g/mol. The molecular weight excluding hydrogens is 268 g/mol. The van der Waals surface area contributed by atoms with Crippen LogP contribution in [0.1, 0.15) is 110 Å². The van der Waals surface area contributed by atoms with Gasteiger partial charge in [-0.1, -0.05) is 103 Å². The predicted octanol–water partition coefficient (Wildman–Crippen LogP) is 7.20. The number of ether oxygens (including phenoxy) is 1. The van der Waals surface area contributed by atoms with Crippen LogP contribution < -0.4 is 0 Å². The van der Waals surface area contributed by atoms with Gasteiger partial charge in [0.25, 0.3) is 0 Å². The Morgan fingerprint density at radius 2 is 1.27 bits per heavy atom. The summed E-state index contributed by atoms with van der Waals surface area (Å²) >= 11 is 0. The molecule has 0 aromatic carbocycles. The van der Waals surface area contributed by atoms with Gasteiger partial charge in [-0.3, -0.25) is 0 Å². The van der Waals surface area contributed by atoms with E-state index in [0.717, 1.165) is 6.42 Å². The van der Waals surface area contributed by atoms with Crippen LogP contribution in [0.2, 0.25) is 0 Å². The topological polar surface area (TPSA) is 9.23 Å². The summed E-state index contributed by atoms with van der Waals surface area (Å²) in [6.45, 7) is 4.57. The Balaban J connectivity index is 1.99. The van der Waals surface area contributed by atoms with Crippen molar-refractivity contribution in [2.24, 2.45) is 0 Å². The lowest BCUT2D eigenvalue weighted by Crippen LogP contribution is -2.24. The van der Waals surface area contributed by atoms with Crippen molar-refractivity contribution in [2.45, 2.75) is 122 Å². The zero-order valence-corrected chi connectivity index (χ0v) is 15.3. The molecule has 1 heterocycles. The Labute approximate surface area is 139 Å². The zero-order valence-electron chi connectivity index (χ0n) is 15.3. The highest BCUT2D eigenvalue weighted by Crippen LogP contribution is 2.22. The normalized spacial score (nSPS) is 21.4. The van der Waals surface area contributed by atoms with Gasteiger partial charge in [-0.05, 0) is 19.3 Å². The summed E-state index contributed by atoms with van der Waals surface area (Å²) in [6.07, 6.45) is 25.8. The first-order valence-electron chi connectivity index (χ1n) is 10.2. The molecule has 0 unspecified atom stereocenters. The summed E-state index contributed by atoms with van der Waals surface area (Å²) in [7, 11) is 0. The highest BCUT2D eigenvalue weighted by atomic mass is 16.5. The Morgan fingerprint density at radius 1 is 0.727 bits per heavy atom. The van der Waals surface area contributed by atoms with Crippen LogP contribution in [0.25, 0.3) is 0 Å². The summed E-state index contributed by atoms with van der Waals surface area (Å²) < 4.78 is 6.26. The maximum absolute atomic E-state index is 6.26. The molecule has 0 aromatic rings. The minimum atomic E-state index is 0.407. The maximum Gasteiger partial charge on any atom is 0.0759 e. The molecule has 0 aliphatic carbocycles. The van der Waals surface area contributed by atoms with Crippen molar-refractivity contribution in [3.8, 4) is 0 Å². The van der Waals surface area contributed by atoms with Crippen LogP contribution in [0.5, 0.6) is 0 Å². The Kier molecular flexibility index (Phi) is 12.8. The third-order valence-electron chi connectivity index (χ3n) is 4.84. The molecule has 130 valence electrons. The van der Waals surface area contributed by atoms with E-state index in [0.29, 0.717) is 12.2 Å². The Bertz CT molecular complexity index is 259. The van der Waals surface area contributed by atoms with E-state index in [9.17, 15) is 0 Å². The van der Waals surface area contributed by atoms with Gasteiger partial charge in [0.15, 0.2) is 0 Å². The van der Waals surface area contributed by atoms with Crippen LogP contribution in [0.15, 0.2) is 12.2 Å². The van der Waals surface area contributed by atoms with E-state index in [-0.39, 0.29) is 0 Å². The van der Waals surface area contributed by atoms with Gasteiger partial charge in [-0.15, -0.1) is 0 Å². The van der Waals surface area contributed by atoms with Gasteiger partial charge < -0.3 is 4.74 Å². The second kappa shape index (κ2) is 14.3. The van der Waals surface area contributed by atoms with E-state index >= 15 is 0 Å². The van der Waals surface area contributed by atoms with Gasteiger partial charge in [0.2, 0.25) is 0 Å². The Morgan fingerprint density at radius 3 is 1.91 bits per heavy atom. The molecular formula is C21H40O. The lowest BCUT2D eigenvalue weighted by atomic mass is 10.0. The molecule has 1 heteroatoms. The van der Waals surface area contributed by atoms with Crippen LogP contribution in [-0.2, 0) is 4.74 Å². The molecule has 0 saturated heterocycles. The van der Waals surface area contributed by atoms with E-state index in [2.05, 4.69) is 26.0 Å². The number of unbranched alkanes of at least 4 members (excludes halogenated alkanes) is 10. The van der Waals surface area contributed by atoms with Crippen molar-refractivity contribution in [1.29, 1.82) is 0 Å². The van der Waals surface area contributed by atoms with E-state index in [1.54, 1.807) is 0 Å². The second-order valence-electron chi connectivity index (χ2n) is 7.07. The summed E-state index contributed by atoms with van der Waals surface area (Å²) in [5.74, 6) is 0. The molecule has 0 N–H and O–H groups in total. The lowest BCUT2D eigenvalue weighted by molar-refractivity contribution is -0.00434. The fraction of sp³-hybridized carbons (Fsp3) is 0.905. The van der Waals surface area contributed by atoms with Gasteiger partial charge in [-0.2, -0.15) is 0 Å². The van der Waals surface area contributed by atoms with Crippen molar-refractivity contribution >= 4 is 0 Å². The van der Waals surface area contributed by atoms with Crippen LogP contribution in [0.4, 0.5) is 0 Å². The van der Waals surface area contributed by atoms with E-state index in [1.807, 2.05) is 0 Å². The molecule has 0 amide bonds. The third-order valence-corrected chi connectivity index (χ3v) is 4.84. The molecule has 1 aliphatic heterocycles. The van der Waals surface area contributed by atoms with Crippen LogP contribution in [0.3, 0.4) is 0 Å². The average Bonchev–Trinajstić information content (AvgIpc) is 2.54. The molecule has 2 atom stereocenters. The first kappa shape index (κ1) is 19.7. The second-order valence-corrected chi connectivity index (χ2v) is 7.07. The molecule has 1 rings (SSSR count). The SMILES string of the molecule is CCCCCCCC[C@@H]1CC=C[C@H](CCCCCCCC)O1. The largest absolute Gasteiger partial charge is 0.371 e. The van der Waals surface area contributed by atoms with E-state index in [4.69, 9.17) is 4.74 Å². The molecule has 0 saturated carbocycles. The molecule has 0 aromatic heterocycles. The molecule has 0 spiro atoms. The fourth-order valence-corrected chi connectivity index (χ4v) is 3.36. The van der Waals surface area contributed by atoms with Crippen molar-refractivity contribution in [3.05, 3.63) is 12.2 Å². The zero-order chi connectivity index (χ0) is 15.9. The highest BCUT2D eigenvalue weighted by molar-refractivity contribution is 4.96. The first-order valence-corrected chi connectivity index (χ1v) is 10.2.